The lowest BCUT2D eigenvalue weighted by molar-refractivity contribution is -0.121. The lowest BCUT2D eigenvalue weighted by Crippen LogP contribution is -2.28. The van der Waals surface area contributed by atoms with Crippen molar-refractivity contribution in [1.29, 1.82) is 0 Å². The molecule has 23 heavy (non-hydrogen) atoms. The molecule has 2 aromatic rings. The summed E-state index contributed by atoms with van der Waals surface area (Å²) in [6, 6.07) is 7.08. The highest BCUT2D eigenvalue weighted by molar-refractivity contribution is 6.31. The zero-order chi connectivity index (χ0) is 17.0. The van der Waals surface area contributed by atoms with Crippen molar-refractivity contribution in [1.82, 2.24) is 15.1 Å². The second-order valence-electron chi connectivity index (χ2n) is 5.61. The summed E-state index contributed by atoms with van der Waals surface area (Å²) in [5.74, 6) is -0.0984. The van der Waals surface area contributed by atoms with Gasteiger partial charge in [-0.3, -0.25) is 9.48 Å². The molecule has 0 spiro atoms. The minimum Gasteiger partial charge on any atom is -0.387 e. The van der Waals surface area contributed by atoms with Crippen LogP contribution in [0.2, 0.25) is 5.02 Å². The van der Waals surface area contributed by atoms with Crippen LogP contribution in [0.15, 0.2) is 24.3 Å². The Morgan fingerprint density at radius 1 is 1.39 bits per heavy atom. The monoisotopic (exact) mass is 335 g/mol. The number of aryl methyl sites for hydroxylation is 2. The highest BCUT2D eigenvalue weighted by Gasteiger charge is 2.14. The van der Waals surface area contributed by atoms with Crippen LogP contribution in [-0.2, 0) is 18.3 Å². The molecule has 0 saturated heterocycles. The minimum absolute atomic E-state index is 0.0984. The molecule has 2 N–H and O–H groups in total. The zero-order valence-electron chi connectivity index (χ0n) is 13.6. The maximum atomic E-state index is 12.0. The van der Waals surface area contributed by atoms with Gasteiger partial charge in [-0.15, -0.1) is 0 Å². The Morgan fingerprint density at radius 3 is 2.70 bits per heavy atom. The number of hydrogen-bond acceptors (Lipinski definition) is 3. The molecule has 0 aliphatic rings. The fourth-order valence-electron chi connectivity index (χ4n) is 2.57. The van der Waals surface area contributed by atoms with E-state index in [1.807, 2.05) is 25.6 Å². The second-order valence-corrected chi connectivity index (χ2v) is 6.02. The van der Waals surface area contributed by atoms with E-state index in [1.165, 1.54) is 0 Å². The first-order valence-corrected chi connectivity index (χ1v) is 7.96. The van der Waals surface area contributed by atoms with E-state index >= 15 is 0 Å². The van der Waals surface area contributed by atoms with E-state index < -0.39 is 6.10 Å². The quantitative estimate of drug-likeness (QED) is 0.852. The molecule has 1 aromatic carbocycles. The number of aromatic nitrogens is 2. The van der Waals surface area contributed by atoms with Gasteiger partial charge in [0, 0.05) is 36.3 Å². The van der Waals surface area contributed by atoms with E-state index in [4.69, 9.17) is 11.6 Å². The Hall–Kier alpha value is -1.85. The van der Waals surface area contributed by atoms with Crippen LogP contribution in [0.4, 0.5) is 0 Å². The molecule has 1 heterocycles. The number of nitrogens with zero attached hydrogens (tertiary/aromatic N) is 2. The molecule has 0 radical (unpaired) electrons. The third-order valence-electron chi connectivity index (χ3n) is 4.02. The number of carbonyl (C=O) groups excluding carboxylic acids is 1. The maximum Gasteiger partial charge on any atom is 0.220 e. The van der Waals surface area contributed by atoms with Crippen molar-refractivity contribution < 1.29 is 9.90 Å². The van der Waals surface area contributed by atoms with Gasteiger partial charge < -0.3 is 10.4 Å². The first kappa shape index (κ1) is 17.5. The second kappa shape index (κ2) is 7.62. The fraction of sp³-hybridized carbons (Fsp3) is 0.412. The third kappa shape index (κ3) is 4.33. The summed E-state index contributed by atoms with van der Waals surface area (Å²) in [6.07, 6.45) is 0.191. The average Bonchev–Trinajstić information content (AvgIpc) is 2.76. The summed E-state index contributed by atoms with van der Waals surface area (Å²) in [5.41, 5.74) is 3.75. The van der Waals surface area contributed by atoms with Gasteiger partial charge in [-0.25, -0.2) is 0 Å². The van der Waals surface area contributed by atoms with Crippen molar-refractivity contribution in [2.45, 2.75) is 32.8 Å². The molecular formula is C17H22ClN3O2. The van der Waals surface area contributed by atoms with Gasteiger partial charge in [0.1, 0.15) is 0 Å². The van der Waals surface area contributed by atoms with Gasteiger partial charge in [-0.1, -0.05) is 29.8 Å². The van der Waals surface area contributed by atoms with Crippen molar-refractivity contribution in [3.05, 3.63) is 51.8 Å². The Balaban J connectivity index is 1.85. The van der Waals surface area contributed by atoms with E-state index in [0.717, 1.165) is 17.0 Å². The van der Waals surface area contributed by atoms with Crippen LogP contribution in [0.1, 0.15) is 35.0 Å². The Morgan fingerprint density at radius 2 is 2.09 bits per heavy atom. The van der Waals surface area contributed by atoms with Crippen molar-refractivity contribution in [3.8, 4) is 0 Å². The Kier molecular flexibility index (Phi) is 5.80. The molecule has 1 amide bonds. The number of halogens is 1. The number of rotatable bonds is 6. The fourth-order valence-corrected chi connectivity index (χ4v) is 2.83. The number of aliphatic hydroxyl groups excluding tert-OH is 1. The van der Waals surface area contributed by atoms with Crippen LogP contribution in [0.25, 0.3) is 0 Å². The van der Waals surface area contributed by atoms with Gasteiger partial charge in [0.15, 0.2) is 0 Å². The predicted octanol–water partition coefficient (Wildman–Crippen LogP) is 2.47. The molecule has 5 nitrogen and oxygen atoms in total. The molecule has 124 valence electrons. The van der Waals surface area contributed by atoms with Gasteiger partial charge in [0.25, 0.3) is 0 Å². The molecule has 0 aliphatic heterocycles. The van der Waals surface area contributed by atoms with Crippen molar-refractivity contribution >= 4 is 17.5 Å². The number of nitrogens with one attached hydrogen (secondary N) is 1. The maximum absolute atomic E-state index is 12.0. The molecular weight excluding hydrogens is 314 g/mol. The molecule has 1 atom stereocenters. The van der Waals surface area contributed by atoms with E-state index in [-0.39, 0.29) is 12.5 Å². The number of hydrogen-bond donors (Lipinski definition) is 2. The summed E-state index contributed by atoms with van der Waals surface area (Å²) in [6.45, 7) is 4.09. The molecule has 0 unspecified atom stereocenters. The zero-order valence-corrected chi connectivity index (χ0v) is 14.4. The van der Waals surface area contributed by atoms with Crippen LogP contribution in [0, 0.1) is 13.8 Å². The van der Waals surface area contributed by atoms with Crippen LogP contribution < -0.4 is 5.32 Å². The highest BCUT2D eigenvalue weighted by atomic mass is 35.5. The van der Waals surface area contributed by atoms with E-state index in [0.29, 0.717) is 23.4 Å². The molecule has 2 rings (SSSR count). The van der Waals surface area contributed by atoms with Gasteiger partial charge in [-0.2, -0.15) is 5.10 Å². The van der Waals surface area contributed by atoms with Crippen molar-refractivity contribution in [2.75, 3.05) is 6.54 Å². The van der Waals surface area contributed by atoms with Crippen molar-refractivity contribution in [3.63, 3.8) is 0 Å². The first-order valence-electron chi connectivity index (χ1n) is 7.58. The van der Waals surface area contributed by atoms with E-state index in [9.17, 15) is 9.90 Å². The molecule has 0 saturated carbocycles. The van der Waals surface area contributed by atoms with E-state index in [2.05, 4.69) is 10.4 Å². The standard InChI is InChI=1S/C17H22ClN3O2/c1-11-13(12(2)21(3)20-11)8-9-17(23)19-10-16(22)14-6-4-5-7-15(14)18/h4-7,16,22H,8-10H2,1-3H3,(H,19,23)/t16-/m0/s1. The lowest BCUT2D eigenvalue weighted by Gasteiger charge is -2.13. The molecule has 1 aromatic heterocycles. The SMILES string of the molecule is Cc1nn(C)c(C)c1CCC(=O)NC[C@H](O)c1ccccc1Cl. The van der Waals surface area contributed by atoms with Crippen LogP contribution >= 0.6 is 11.6 Å². The lowest BCUT2D eigenvalue weighted by atomic mass is 10.1. The smallest absolute Gasteiger partial charge is 0.220 e. The average molecular weight is 336 g/mol. The van der Waals surface area contributed by atoms with Crippen LogP contribution in [-0.4, -0.2) is 27.3 Å². The summed E-state index contributed by atoms with van der Waals surface area (Å²) in [4.78, 5) is 12.0. The highest BCUT2D eigenvalue weighted by Crippen LogP contribution is 2.22. The summed E-state index contributed by atoms with van der Waals surface area (Å²) in [5, 5.41) is 17.7. The van der Waals surface area contributed by atoms with Gasteiger partial charge in [0.05, 0.1) is 11.8 Å². The number of benzene rings is 1. The summed E-state index contributed by atoms with van der Waals surface area (Å²) in [7, 11) is 1.89. The van der Waals surface area contributed by atoms with Gasteiger partial charge in [0.2, 0.25) is 5.91 Å². The van der Waals surface area contributed by atoms with Gasteiger partial charge in [-0.05, 0) is 31.9 Å². The predicted molar refractivity (Wildman–Crippen MR) is 90.4 cm³/mol. The van der Waals surface area contributed by atoms with Crippen molar-refractivity contribution in [2.24, 2.45) is 7.05 Å². The Bertz CT molecular complexity index is 697. The first-order chi connectivity index (χ1) is 10.9. The summed E-state index contributed by atoms with van der Waals surface area (Å²) >= 11 is 6.03. The molecule has 0 aliphatic carbocycles. The van der Waals surface area contributed by atoms with E-state index in [1.54, 1.807) is 24.3 Å². The molecule has 0 bridgehead atoms. The van der Waals surface area contributed by atoms with Crippen LogP contribution in [0.5, 0.6) is 0 Å². The van der Waals surface area contributed by atoms with Crippen LogP contribution in [0.3, 0.4) is 0 Å². The molecule has 0 fully saturated rings. The normalized spacial score (nSPS) is 12.2. The topological polar surface area (TPSA) is 67.2 Å². The van der Waals surface area contributed by atoms with Gasteiger partial charge >= 0.3 is 0 Å². The Labute approximate surface area is 141 Å². The largest absolute Gasteiger partial charge is 0.387 e. The number of aliphatic hydroxyl groups is 1. The number of amides is 1. The minimum atomic E-state index is -0.811. The summed E-state index contributed by atoms with van der Waals surface area (Å²) < 4.78 is 1.82. The number of carbonyl (C=O) groups is 1. The third-order valence-corrected chi connectivity index (χ3v) is 4.36. The molecule has 6 heteroatoms.